The number of ether oxygens (including phenoxy) is 1. The van der Waals surface area contributed by atoms with Gasteiger partial charge >= 0.3 is 12.4 Å². The number of nitriles is 1. The summed E-state index contributed by atoms with van der Waals surface area (Å²) in [4.78, 5) is 38.1. The minimum absolute atomic E-state index is 0.0621. The van der Waals surface area contributed by atoms with Gasteiger partial charge in [0, 0.05) is 42.7 Å². The van der Waals surface area contributed by atoms with Crippen molar-refractivity contribution in [3.05, 3.63) is 89.2 Å². The molecule has 228 valence electrons. The molecule has 3 N–H and O–H groups in total. The molecule has 3 atom stereocenters. The number of alkyl halides is 3. The molecular formula is C31H27F4N5O4. The third-order valence-corrected chi connectivity index (χ3v) is 7.68. The lowest BCUT2D eigenvalue weighted by atomic mass is 9.85. The Morgan fingerprint density at radius 1 is 1.09 bits per heavy atom. The number of hydrogen-bond donors (Lipinski definition) is 3. The van der Waals surface area contributed by atoms with Gasteiger partial charge in [-0.05, 0) is 41.8 Å². The van der Waals surface area contributed by atoms with Crippen LogP contribution in [-0.2, 0) is 16.1 Å². The average molecular weight is 610 g/mol. The summed E-state index contributed by atoms with van der Waals surface area (Å²) >= 11 is 0. The van der Waals surface area contributed by atoms with Gasteiger partial charge in [-0.2, -0.15) is 5.26 Å². The first-order chi connectivity index (χ1) is 21.0. The summed E-state index contributed by atoms with van der Waals surface area (Å²) in [6, 6.07) is 17.0. The van der Waals surface area contributed by atoms with Crippen molar-refractivity contribution in [1.29, 1.82) is 5.26 Å². The van der Waals surface area contributed by atoms with E-state index in [1.165, 1.54) is 24.3 Å². The lowest BCUT2D eigenvalue weighted by Gasteiger charge is -2.40. The van der Waals surface area contributed by atoms with E-state index in [0.29, 0.717) is 18.5 Å². The molecule has 0 spiro atoms. The molecule has 44 heavy (non-hydrogen) atoms. The van der Waals surface area contributed by atoms with E-state index in [-0.39, 0.29) is 54.1 Å². The molecule has 4 amide bonds. The Labute approximate surface area is 249 Å². The van der Waals surface area contributed by atoms with Crippen molar-refractivity contribution in [1.82, 2.24) is 20.9 Å². The van der Waals surface area contributed by atoms with E-state index in [4.69, 9.17) is 5.26 Å². The van der Waals surface area contributed by atoms with Gasteiger partial charge in [0.05, 0.1) is 18.1 Å². The van der Waals surface area contributed by atoms with Crippen LogP contribution in [0.5, 0.6) is 5.75 Å². The number of rotatable bonds is 8. The summed E-state index contributed by atoms with van der Waals surface area (Å²) in [5.74, 6) is -2.27. The van der Waals surface area contributed by atoms with Gasteiger partial charge in [0.15, 0.2) is 0 Å². The van der Waals surface area contributed by atoms with E-state index >= 15 is 0 Å². The first kappa shape index (κ1) is 30.5. The fourth-order valence-corrected chi connectivity index (χ4v) is 5.54. The average Bonchev–Trinajstić information content (AvgIpc) is 3.31. The van der Waals surface area contributed by atoms with E-state index in [2.05, 4.69) is 20.7 Å². The summed E-state index contributed by atoms with van der Waals surface area (Å²) in [5, 5.41) is 16.9. The highest BCUT2D eigenvalue weighted by atomic mass is 19.4. The number of likely N-dealkylation sites (tertiary alicyclic amines) is 1. The molecule has 0 aliphatic carbocycles. The van der Waals surface area contributed by atoms with Crippen molar-refractivity contribution in [2.45, 2.75) is 43.8 Å². The maximum atomic E-state index is 14.8. The minimum atomic E-state index is -4.95. The molecule has 0 radical (unpaired) electrons. The van der Waals surface area contributed by atoms with Crippen LogP contribution in [0.4, 0.5) is 22.4 Å². The van der Waals surface area contributed by atoms with Crippen LogP contribution in [0.2, 0.25) is 0 Å². The number of nitrogens with zero attached hydrogens (tertiary/aromatic N) is 2. The molecule has 0 aromatic heterocycles. The zero-order valence-electron chi connectivity index (χ0n) is 23.2. The molecule has 0 saturated carbocycles. The van der Waals surface area contributed by atoms with Crippen molar-refractivity contribution in [3.63, 3.8) is 0 Å². The number of hydrogen-bond acceptors (Lipinski definition) is 6. The highest BCUT2D eigenvalue weighted by Crippen LogP contribution is 2.34. The first-order valence-corrected chi connectivity index (χ1v) is 13.8. The molecule has 2 heterocycles. The number of urea groups is 1. The fraction of sp³-hybridized carbons (Fsp3) is 0.290. The van der Waals surface area contributed by atoms with Crippen molar-refractivity contribution in [2.24, 2.45) is 0 Å². The zero-order chi connectivity index (χ0) is 31.4. The van der Waals surface area contributed by atoms with Crippen LogP contribution in [0, 0.1) is 17.1 Å². The second-order valence-electron chi connectivity index (χ2n) is 10.5. The normalized spacial score (nSPS) is 20.1. The maximum Gasteiger partial charge on any atom is 0.573 e. The SMILES string of the molecule is N#Cc1ccc(-c2ccc(OC(F)(F)F)c(CN[C@H]3CCN(C(=O)C[C@@H]4NC(=O)NC4=O)C[C@H]3c3ccccc3)c2)c(F)c1. The summed E-state index contributed by atoms with van der Waals surface area (Å²) in [7, 11) is 0. The molecule has 3 aromatic carbocycles. The smallest absolute Gasteiger partial charge is 0.405 e. The van der Waals surface area contributed by atoms with Crippen LogP contribution >= 0.6 is 0 Å². The summed E-state index contributed by atoms with van der Waals surface area (Å²) in [6.45, 7) is 0.517. The van der Waals surface area contributed by atoms with Crippen molar-refractivity contribution in [2.75, 3.05) is 13.1 Å². The Balaban J connectivity index is 1.37. The molecule has 13 heteroatoms. The molecule has 5 rings (SSSR count). The van der Waals surface area contributed by atoms with Gasteiger partial charge in [0.2, 0.25) is 5.91 Å². The Bertz CT molecular complexity index is 1610. The molecule has 2 aliphatic heterocycles. The van der Waals surface area contributed by atoms with Crippen molar-refractivity contribution >= 4 is 17.8 Å². The number of carbonyl (C=O) groups is 3. The standard InChI is InChI=1S/C31H27F4N5O4/c32-24-12-18(15-36)6-8-22(24)20-7-9-27(44-31(33,34)35)21(13-20)16-37-25-10-11-40(17-23(25)19-4-2-1-3-5-19)28(41)14-26-29(42)39-30(43)38-26/h1-9,12-13,23,25-26,37H,10-11,14,16-17H2,(H2,38,39,42,43)/t23-,25-,26-/m0/s1. The fourth-order valence-electron chi connectivity index (χ4n) is 5.54. The van der Waals surface area contributed by atoms with E-state index in [0.717, 1.165) is 17.7 Å². The molecule has 2 saturated heterocycles. The van der Waals surface area contributed by atoms with Gasteiger partial charge in [-0.15, -0.1) is 13.2 Å². The van der Waals surface area contributed by atoms with Gasteiger partial charge in [-0.3, -0.25) is 14.9 Å². The van der Waals surface area contributed by atoms with Gasteiger partial charge in [-0.25, -0.2) is 9.18 Å². The number of benzene rings is 3. The topological polar surface area (TPSA) is 124 Å². The van der Waals surface area contributed by atoms with Crippen molar-refractivity contribution < 1.29 is 36.7 Å². The summed E-state index contributed by atoms with van der Waals surface area (Å²) in [5.41, 5.74) is 1.57. The number of nitrogens with one attached hydrogen (secondary N) is 3. The first-order valence-electron chi connectivity index (χ1n) is 13.8. The van der Waals surface area contributed by atoms with Gasteiger partial charge in [-0.1, -0.05) is 42.5 Å². The van der Waals surface area contributed by atoms with Crippen LogP contribution in [-0.4, -0.2) is 54.3 Å². The Hall–Kier alpha value is -4.96. The molecule has 9 nitrogen and oxygen atoms in total. The number of piperidine rings is 1. The Kier molecular flexibility index (Phi) is 8.82. The number of imide groups is 1. The summed E-state index contributed by atoms with van der Waals surface area (Å²) < 4.78 is 58.8. The lowest BCUT2D eigenvalue weighted by molar-refractivity contribution is -0.274. The molecule has 2 aliphatic rings. The molecular weight excluding hydrogens is 582 g/mol. The second-order valence-corrected chi connectivity index (χ2v) is 10.5. The van der Waals surface area contributed by atoms with Crippen LogP contribution < -0.4 is 20.7 Å². The van der Waals surface area contributed by atoms with Gasteiger partial charge < -0.3 is 20.3 Å². The highest BCUT2D eigenvalue weighted by molar-refractivity contribution is 6.05. The monoisotopic (exact) mass is 609 g/mol. The minimum Gasteiger partial charge on any atom is -0.405 e. The van der Waals surface area contributed by atoms with Gasteiger partial charge in [0.1, 0.15) is 17.6 Å². The second kappa shape index (κ2) is 12.7. The van der Waals surface area contributed by atoms with Crippen LogP contribution in [0.3, 0.4) is 0 Å². The van der Waals surface area contributed by atoms with Crippen LogP contribution in [0.1, 0.15) is 35.4 Å². The van der Waals surface area contributed by atoms with Gasteiger partial charge in [0.25, 0.3) is 5.91 Å². The molecule has 0 unspecified atom stereocenters. The number of amides is 4. The molecule has 2 fully saturated rings. The maximum absolute atomic E-state index is 14.8. The number of carbonyl (C=O) groups excluding carboxylic acids is 3. The predicted molar refractivity (Wildman–Crippen MR) is 149 cm³/mol. The molecule has 0 bridgehead atoms. The third kappa shape index (κ3) is 7.15. The number of halogens is 4. The highest BCUT2D eigenvalue weighted by Gasteiger charge is 2.37. The summed E-state index contributed by atoms with van der Waals surface area (Å²) in [6.07, 6.45) is -4.72. The van der Waals surface area contributed by atoms with E-state index in [9.17, 15) is 31.9 Å². The van der Waals surface area contributed by atoms with E-state index in [1.54, 1.807) is 4.90 Å². The van der Waals surface area contributed by atoms with Crippen molar-refractivity contribution in [3.8, 4) is 22.9 Å². The zero-order valence-corrected chi connectivity index (χ0v) is 23.2. The Morgan fingerprint density at radius 3 is 2.52 bits per heavy atom. The van der Waals surface area contributed by atoms with E-state index < -0.39 is 35.9 Å². The molecule has 3 aromatic rings. The van der Waals surface area contributed by atoms with Crippen LogP contribution in [0.15, 0.2) is 66.7 Å². The quantitative estimate of drug-likeness (QED) is 0.258. The predicted octanol–water partition coefficient (Wildman–Crippen LogP) is 4.34. The largest absolute Gasteiger partial charge is 0.573 e. The van der Waals surface area contributed by atoms with Crippen LogP contribution in [0.25, 0.3) is 11.1 Å². The lowest BCUT2D eigenvalue weighted by Crippen LogP contribution is -2.50. The van der Waals surface area contributed by atoms with E-state index in [1.807, 2.05) is 36.4 Å². The Morgan fingerprint density at radius 2 is 1.86 bits per heavy atom. The third-order valence-electron chi connectivity index (χ3n) is 7.68.